The molecule has 2 N–H and O–H groups in total. The number of anilines is 1. The van der Waals surface area contributed by atoms with Crippen LogP contribution in [0.2, 0.25) is 15.1 Å². The van der Waals surface area contributed by atoms with E-state index in [1.807, 2.05) is 24.3 Å². The summed E-state index contributed by atoms with van der Waals surface area (Å²) < 4.78 is 0. The van der Waals surface area contributed by atoms with Gasteiger partial charge in [0.1, 0.15) is 0 Å². The SMILES string of the molecule is NC1CCN(c2ccc(Cl)cc2Cl)C(c2ccc(Cl)cc2)C1. The van der Waals surface area contributed by atoms with Crippen LogP contribution < -0.4 is 10.6 Å². The number of hydrogen-bond donors (Lipinski definition) is 1. The van der Waals surface area contributed by atoms with Crippen LogP contribution in [0.3, 0.4) is 0 Å². The molecular weight excluding hydrogens is 339 g/mol. The number of piperidine rings is 1. The highest BCUT2D eigenvalue weighted by Gasteiger charge is 2.29. The first-order valence-corrected chi connectivity index (χ1v) is 8.41. The second-order valence-electron chi connectivity index (χ2n) is 5.64. The number of rotatable bonds is 2. The molecule has 2 unspecified atom stereocenters. The van der Waals surface area contributed by atoms with Crippen molar-refractivity contribution in [3.63, 3.8) is 0 Å². The van der Waals surface area contributed by atoms with E-state index in [0.717, 1.165) is 30.1 Å². The van der Waals surface area contributed by atoms with Crippen LogP contribution in [-0.2, 0) is 0 Å². The molecule has 2 atom stereocenters. The third-order valence-electron chi connectivity index (χ3n) is 4.12. The molecule has 3 rings (SSSR count). The normalized spacial score (nSPS) is 21.9. The standard InChI is InChI=1S/C17H17Cl3N2/c18-12-3-1-11(2-4-12)17-10-14(21)7-8-22(17)16-6-5-13(19)9-15(16)20/h1-6,9,14,17H,7-8,10,21H2. The van der Waals surface area contributed by atoms with Gasteiger partial charge in [0.25, 0.3) is 0 Å². The van der Waals surface area contributed by atoms with Crippen LogP contribution in [0.15, 0.2) is 42.5 Å². The van der Waals surface area contributed by atoms with E-state index in [-0.39, 0.29) is 12.1 Å². The van der Waals surface area contributed by atoms with Crippen molar-refractivity contribution < 1.29 is 0 Å². The number of halogens is 3. The van der Waals surface area contributed by atoms with Crippen LogP contribution in [0.4, 0.5) is 5.69 Å². The highest BCUT2D eigenvalue weighted by molar-refractivity contribution is 6.36. The summed E-state index contributed by atoms with van der Waals surface area (Å²) in [5.41, 5.74) is 8.39. The van der Waals surface area contributed by atoms with Crippen LogP contribution >= 0.6 is 34.8 Å². The van der Waals surface area contributed by atoms with E-state index in [0.29, 0.717) is 10.0 Å². The van der Waals surface area contributed by atoms with Gasteiger partial charge >= 0.3 is 0 Å². The Morgan fingerprint density at radius 3 is 2.32 bits per heavy atom. The van der Waals surface area contributed by atoms with Gasteiger partial charge in [0.2, 0.25) is 0 Å². The summed E-state index contributed by atoms with van der Waals surface area (Å²) in [4.78, 5) is 2.31. The number of benzene rings is 2. The summed E-state index contributed by atoms with van der Waals surface area (Å²) in [6.07, 6.45) is 1.84. The second kappa shape index (κ2) is 6.67. The molecule has 0 aliphatic carbocycles. The van der Waals surface area contributed by atoms with Gasteiger partial charge in [-0.15, -0.1) is 0 Å². The summed E-state index contributed by atoms with van der Waals surface area (Å²) in [6, 6.07) is 14.0. The molecule has 1 heterocycles. The van der Waals surface area contributed by atoms with Crippen molar-refractivity contribution in [2.24, 2.45) is 5.73 Å². The van der Waals surface area contributed by atoms with E-state index in [1.54, 1.807) is 6.07 Å². The first kappa shape index (κ1) is 15.9. The maximum atomic E-state index is 6.40. The van der Waals surface area contributed by atoms with Gasteiger partial charge in [-0.25, -0.2) is 0 Å². The number of nitrogens with two attached hydrogens (primary N) is 1. The van der Waals surface area contributed by atoms with Crippen molar-refractivity contribution in [3.8, 4) is 0 Å². The lowest BCUT2D eigenvalue weighted by molar-refractivity contribution is 0.420. The molecule has 0 aromatic heterocycles. The maximum absolute atomic E-state index is 6.40. The minimum Gasteiger partial charge on any atom is -0.363 e. The van der Waals surface area contributed by atoms with Crippen molar-refractivity contribution in [3.05, 3.63) is 63.1 Å². The molecule has 5 heteroatoms. The molecule has 2 aromatic carbocycles. The summed E-state index contributed by atoms with van der Waals surface area (Å²) in [5.74, 6) is 0. The van der Waals surface area contributed by atoms with Gasteiger partial charge in [0.05, 0.1) is 16.8 Å². The second-order valence-corrected chi connectivity index (χ2v) is 6.92. The number of nitrogens with zero attached hydrogens (tertiary/aromatic N) is 1. The molecule has 1 aliphatic heterocycles. The van der Waals surface area contributed by atoms with E-state index in [2.05, 4.69) is 17.0 Å². The van der Waals surface area contributed by atoms with Crippen LogP contribution in [0.5, 0.6) is 0 Å². The van der Waals surface area contributed by atoms with Crippen LogP contribution in [0, 0.1) is 0 Å². The zero-order valence-corrected chi connectivity index (χ0v) is 14.2. The van der Waals surface area contributed by atoms with Crippen molar-refractivity contribution in [1.29, 1.82) is 0 Å². The lowest BCUT2D eigenvalue weighted by Crippen LogP contribution is -2.42. The van der Waals surface area contributed by atoms with Crippen LogP contribution in [0.1, 0.15) is 24.4 Å². The molecule has 0 bridgehead atoms. The minimum absolute atomic E-state index is 0.194. The van der Waals surface area contributed by atoms with Gasteiger partial charge in [0.15, 0.2) is 0 Å². The molecule has 1 saturated heterocycles. The average molecular weight is 356 g/mol. The largest absolute Gasteiger partial charge is 0.363 e. The van der Waals surface area contributed by atoms with Gasteiger partial charge in [-0.3, -0.25) is 0 Å². The molecule has 22 heavy (non-hydrogen) atoms. The molecule has 0 radical (unpaired) electrons. The molecular formula is C17H17Cl3N2. The molecule has 2 aromatic rings. The van der Waals surface area contributed by atoms with Crippen molar-refractivity contribution in [2.75, 3.05) is 11.4 Å². The zero-order chi connectivity index (χ0) is 15.7. The lowest BCUT2D eigenvalue weighted by atomic mass is 9.91. The molecule has 2 nitrogen and oxygen atoms in total. The van der Waals surface area contributed by atoms with E-state index < -0.39 is 0 Å². The molecule has 116 valence electrons. The first-order valence-electron chi connectivity index (χ1n) is 7.27. The van der Waals surface area contributed by atoms with Crippen molar-refractivity contribution in [1.82, 2.24) is 0 Å². The predicted molar refractivity (Wildman–Crippen MR) is 95.2 cm³/mol. The Morgan fingerprint density at radius 2 is 1.64 bits per heavy atom. The Morgan fingerprint density at radius 1 is 0.955 bits per heavy atom. The van der Waals surface area contributed by atoms with Crippen molar-refractivity contribution in [2.45, 2.75) is 24.9 Å². The van der Waals surface area contributed by atoms with Crippen molar-refractivity contribution >= 4 is 40.5 Å². The Balaban J connectivity index is 1.98. The molecule has 0 saturated carbocycles. The summed E-state index contributed by atoms with van der Waals surface area (Å²) in [7, 11) is 0. The zero-order valence-electron chi connectivity index (χ0n) is 12.0. The fraction of sp³-hybridized carbons (Fsp3) is 0.294. The molecule has 1 fully saturated rings. The maximum Gasteiger partial charge on any atom is 0.0654 e. The third kappa shape index (κ3) is 3.36. The highest BCUT2D eigenvalue weighted by atomic mass is 35.5. The van der Waals surface area contributed by atoms with Gasteiger partial charge in [0, 0.05) is 22.6 Å². The van der Waals surface area contributed by atoms with Gasteiger partial charge in [-0.05, 0) is 48.7 Å². The van der Waals surface area contributed by atoms with E-state index >= 15 is 0 Å². The number of hydrogen-bond acceptors (Lipinski definition) is 2. The Kier molecular flexibility index (Phi) is 4.84. The fourth-order valence-corrected chi connectivity index (χ4v) is 3.64. The molecule has 0 spiro atoms. The fourth-order valence-electron chi connectivity index (χ4n) is 3.00. The molecule has 1 aliphatic rings. The molecule has 0 amide bonds. The third-order valence-corrected chi connectivity index (χ3v) is 4.91. The summed E-state index contributed by atoms with van der Waals surface area (Å²) in [5, 5.41) is 2.05. The van der Waals surface area contributed by atoms with Crippen LogP contribution in [-0.4, -0.2) is 12.6 Å². The predicted octanol–water partition coefficient (Wildman–Crippen LogP) is 5.32. The average Bonchev–Trinajstić information content (AvgIpc) is 2.49. The highest BCUT2D eigenvalue weighted by Crippen LogP contribution is 2.39. The summed E-state index contributed by atoms with van der Waals surface area (Å²) in [6.45, 7) is 0.871. The van der Waals surface area contributed by atoms with Gasteiger partial charge < -0.3 is 10.6 Å². The quantitative estimate of drug-likeness (QED) is 0.790. The Labute approximate surface area is 145 Å². The van der Waals surface area contributed by atoms with E-state index in [1.165, 1.54) is 5.56 Å². The minimum atomic E-state index is 0.194. The topological polar surface area (TPSA) is 29.3 Å². The Bertz CT molecular complexity index is 657. The van der Waals surface area contributed by atoms with E-state index in [4.69, 9.17) is 40.5 Å². The van der Waals surface area contributed by atoms with Crippen LogP contribution in [0.25, 0.3) is 0 Å². The van der Waals surface area contributed by atoms with E-state index in [9.17, 15) is 0 Å². The monoisotopic (exact) mass is 354 g/mol. The van der Waals surface area contributed by atoms with Gasteiger partial charge in [-0.1, -0.05) is 46.9 Å². The summed E-state index contributed by atoms with van der Waals surface area (Å²) >= 11 is 18.4. The smallest absolute Gasteiger partial charge is 0.0654 e. The van der Waals surface area contributed by atoms with Gasteiger partial charge in [-0.2, -0.15) is 0 Å². The Hall–Kier alpha value is -0.930. The first-order chi connectivity index (χ1) is 10.5. The lowest BCUT2D eigenvalue weighted by Gasteiger charge is -2.40.